The summed E-state index contributed by atoms with van der Waals surface area (Å²) < 4.78 is 0. The van der Waals surface area contributed by atoms with Crippen molar-refractivity contribution >= 4 is 5.91 Å². The fourth-order valence-corrected chi connectivity index (χ4v) is 2.68. The number of hydrogen-bond donors (Lipinski definition) is 2. The average molecular weight is 210 g/mol. The van der Waals surface area contributed by atoms with Gasteiger partial charge in [0, 0.05) is 13.1 Å². The van der Waals surface area contributed by atoms with E-state index in [0.29, 0.717) is 0 Å². The topological polar surface area (TPSA) is 41.1 Å². The van der Waals surface area contributed by atoms with E-state index in [-0.39, 0.29) is 11.8 Å². The molecule has 1 saturated heterocycles. The second-order valence-electron chi connectivity index (χ2n) is 4.94. The van der Waals surface area contributed by atoms with Crippen molar-refractivity contribution < 1.29 is 4.79 Å². The van der Waals surface area contributed by atoms with Crippen LogP contribution >= 0.6 is 0 Å². The van der Waals surface area contributed by atoms with E-state index in [2.05, 4.69) is 10.6 Å². The van der Waals surface area contributed by atoms with Crippen molar-refractivity contribution in [3.63, 3.8) is 0 Å². The van der Waals surface area contributed by atoms with Crippen molar-refractivity contribution in [3.05, 3.63) is 0 Å². The molecular weight excluding hydrogens is 188 g/mol. The largest absolute Gasteiger partial charge is 0.356 e. The van der Waals surface area contributed by atoms with Crippen molar-refractivity contribution in [3.8, 4) is 0 Å². The maximum absolute atomic E-state index is 11.8. The molecule has 3 nitrogen and oxygen atoms in total. The SMILES string of the molecule is O=C(NCC1CCCC1)[C@@H]1CCCNC1. The Hall–Kier alpha value is -0.570. The monoisotopic (exact) mass is 210 g/mol. The van der Waals surface area contributed by atoms with Gasteiger partial charge in [0.05, 0.1) is 5.92 Å². The van der Waals surface area contributed by atoms with Crippen LogP contribution in [0.5, 0.6) is 0 Å². The molecule has 1 saturated carbocycles. The van der Waals surface area contributed by atoms with Gasteiger partial charge in [0.25, 0.3) is 0 Å². The van der Waals surface area contributed by atoms with Crippen molar-refractivity contribution in [2.45, 2.75) is 38.5 Å². The van der Waals surface area contributed by atoms with Gasteiger partial charge in [-0.25, -0.2) is 0 Å². The van der Waals surface area contributed by atoms with Crippen LogP contribution < -0.4 is 10.6 Å². The Bertz CT molecular complexity index is 206. The summed E-state index contributed by atoms with van der Waals surface area (Å²) in [6.45, 7) is 2.86. The number of piperidine rings is 1. The molecule has 86 valence electrons. The summed E-state index contributed by atoms with van der Waals surface area (Å²) in [4.78, 5) is 11.8. The van der Waals surface area contributed by atoms with E-state index >= 15 is 0 Å². The molecule has 1 heterocycles. The van der Waals surface area contributed by atoms with Gasteiger partial charge in [-0.3, -0.25) is 4.79 Å². The number of carbonyl (C=O) groups is 1. The van der Waals surface area contributed by atoms with Gasteiger partial charge in [0.1, 0.15) is 0 Å². The first-order valence-corrected chi connectivity index (χ1v) is 6.34. The highest BCUT2D eigenvalue weighted by Crippen LogP contribution is 2.23. The van der Waals surface area contributed by atoms with Crippen molar-refractivity contribution in [2.75, 3.05) is 19.6 Å². The van der Waals surface area contributed by atoms with Gasteiger partial charge < -0.3 is 10.6 Å². The zero-order valence-electron chi connectivity index (χ0n) is 9.43. The van der Waals surface area contributed by atoms with Crippen LogP contribution in [0.15, 0.2) is 0 Å². The van der Waals surface area contributed by atoms with Gasteiger partial charge >= 0.3 is 0 Å². The van der Waals surface area contributed by atoms with Gasteiger partial charge in [-0.2, -0.15) is 0 Å². The van der Waals surface area contributed by atoms with Crippen LogP contribution in [0, 0.1) is 11.8 Å². The summed E-state index contributed by atoms with van der Waals surface area (Å²) in [5.74, 6) is 1.25. The highest BCUT2D eigenvalue weighted by molar-refractivity contribution is 5.78. The molecule has 2 N–H and O–H groups in total. The summed E-state index contributed by atoms with van der Waals surface area (Å²) in [7, 11) is 0. The third-order valence-electron chi connectivity index (χ3n) is 3.71. The van der Waals surface area contributed by atoms with Gasteiger partial charge in [-0.15, -0.1) is 0 Å². The highest BCUT2D eigenvalue weighted by atomic mass is 16.1. The molecule has 0 spiro atoms. The predicted molar refractivity (Wildman–Crippen MR) is 60.6 cm³/mol. The number of rotatable bonds is 3. The third-order valence-corrected chi connectivity index (χ3v) is 3.71. The van der Waals surface area contributed by atoms with E-state index in [1.54, 1.807) is 0 Å². The molecule has 0 unspecified atom stereocenters. The molecule has 1 atom stereocenters. The molecule has 1 aliphatic heterocycles. The lowest BCUT2D eigenvalue weighted by molar-refractivity contribution is -0.125. The van der Waals surface area contributed by atoms with E-state index in [4.69, 9.17) is 0 Å². The minimum Gasteiger partial charge on any atom is -0.356 e. The molecule has 1 amide bonds. The Morgan fingerprint density at radius 3 is 2.67 bits per heavy atom. The molecule has 0 aromatic rings. The van der Waals surface area contributed by atoms with E-state index in [0.717, 1.165) is 38.4 Å². The lowest BCUT2D eigenvalue weighted by Gasteiger charge is -2.22. The molecule has 0 aromatic carbocycles. The summed E-state index contributed by atoms with van der Waals surface area (Å²) in [6, 6.07) is 0. The van der Waals surface area contributed by atoms with E-state index in [1.807, 2.05) is 0 Å². The van der Waals surface area contributed by atoms with E-state index in [9.17, 15) is 4.79 Å². The molecule has 1 aliphatic carbocycles. The van der Waals surface area contributed by atoms with E-state index < -0.39 is 0 Å². The van der Waals surface area contributed by atoms with Gasteiger partial charge in [0.15, 0.2) is 0 Å². The zero-order valence-corrected chi connectivity index (χ0v) is 9.43. The molecule has 0 bridgehead atoms. The third kappa shape index (κ3) is 3.20. The first-order chi connectivity index (χ1) is 7.36. The Kier molecular flexibility index (Phi) is 4.01. The quantitative estimate of drug-likeness (QED) is 0.737. The minimum atomic E-state index is 0.222. The van der Waals surface area contributed by atoms with Crippen molar-refractivity contribution in [1.29, 1.82) is 0 Å². The number of carbonyl (C=O) groups excluding carboxylic acids is 1. The number of hydrogen-bond acceptors (Lipinski definition) is 2. The first kappa shape index (κ1) is 10.9. The zero-order chi connectivity index (χ0) is 10.5. The second kappa shape index (κ2) is 5.50. The highest BCUT2D eigenvalue weighted by Gasteiger charge is 2.22. The summed E-state index contributed by atoms with van der Waals surface area (Å²) in [5, 5.41) is 6.40. The van der Waals surface area contributed by atoms with Crippen LogP contribution in [0.3, 0.4) is 0 Å². The van der Waals surface area contributed by atoms with Gasteiger partial charge in [-0.1, -0.05) is 12.8 Å². The van der Waals surface area contributed by atoms with Crippen LogP contribution in [-0.2, 0) is 4.79 Å². The lowest BCUT2D eigenvalue weighted by Crippen LogP contribution is -2.41. The Morgan fingerprint density at radius 2 is 2.00 bits per heavy atom. The average Bonchev–Trinajstić information content (AvgIpc) is 2.80. The molecule has 15 heavy (non-hydrogen) atoms. The maximum Gasteiger partial charge on any atom is 0.224 e. The molecular formula is C12H22N2O. The number of amides is 1. The molecule has 0 radical (unpaired) electrons. The Morgan fingerprint density at radius 1 is 1.20 bits per heavy atom. The van der Waals surface area contributed by atoms with Crippen LogP contribution in [0.4, 0.5) is 0 Å². The van der Waals surface area contributed by atoms with Crippen LogP contribution in [-0.4, -0.2) is 25.5 Å². The fraction of sp³-hybridized carbons (Fsp3) is 0.917. The minimum absolute atomic E-state index is 0.222. The maximum atomic E-state index is 11.8. The van der Waals surface area contributed by atoms with Gasteiger partial charge in [-0.05, 0) is 38.1 Å². The van der Waals surface area contributed by atoms with Gasteiger partial charge in [0.2, 0.25) is 5.91 Å². The van der Waals surface area contributed by atoms with Crippen LogP contribution in [0.25, 0.3) is 0 Å². The van der Waals surface area contributed by atoms with Crippen LogP contribution in [0.2, 0.25) is 0 Å². The second-order valence-corrected chi connectivity index (χ2v) is 4.94. The summed E-state index contributed by atoms with van der Waals surface area (Å²) in [6.07, 6.45) is 7.52. The molecule has 2 fully saturated rings. The normalized spacial score (nSPS) is 27.9. The fourth-order valence-electron chi connectivity index (χ4n) is 2.68. The standard InChI is InChI=1S/C12H22N2O/c15-12(11-6-3-7-13-9-11)14-8-10-4-1-2-5-10/h10-11,13H,1-9H2,(H,14,15)/t11-/m1/s1. The lowest BCUT2D eigenvalue weighted by atomic mass is 9.98. The number of nitrogens with one attached hydrogen (secondary N) is 2. The Labute approximate surface area is 92.0 Å². The summed E-state index contributed by atoms with van der Waals surface area (Å²) in [5.41, 5.74) is 0. The molecule has 2 rings (SSSR count). The van der Waals surface area contributed by atoms with Crippen molar-refractivity contribution in [2.24, 2.45) is 11.8 Å². The van der Waals surface area contributed by atoms with Crippen molar-refractivity contribution in [1.82, 2.24) is 10.6 Å². The molecule has 0 aromatic heterocycles. The molecule has 2 aliphatic rings. The smallest absolute Gasteiger partial charge is 0.224 e. The predicted octanol–water partition coefficient (Wildman–Crippen LogP) is 1.29. The molecule has 3 heteroatoms. The van der Waals surface area contributed by atoms with E-state index in [1.165, 1.54) is 25.7 Å². The summed E-state index contributed by atoms with van der Waals surface area (Å²) >= 11 is 0. The first-order valence-electron chi connectivity index (χ1n) is 6.34. The van der Waals surface area contributed by atoms with Crippen LogP contribution in [0.1, 0.15) is 38.5 Å². The Balaban J connectivity index is 1.66.